The van der Waals surface area contributed by atoms with Gasteiger partial charge in [-0.25, -0.2) is 0 Å². The van der Waals surface area contributed by atoms with E-state index in [1.807, 2.05) is 38.1 Å². The van der Waals surface area contributed by atoms with Gasteiger partial charge < -0.3 is 24.8 Å². The summed E-state index contributed by atoms with van der Waals surface area (Å²) in [5, 5.41) is 6.85. The Hall–Kier alpha value is -1.10. The van der Waals surface area contributed by atoms with E-state index in [1.165, 1.54) is 0 Å². The number of nitrogens with zero attached hydrogens (tertiary/aromatic N) is 2. The number of likely N-dealkylation sites (N-methyl/N-ethyl adjacent to an activating group) is 1. The number of nitrogens with one attached hydrogen (secondary N) is 2. The van der Waals surface area contributed by atoms with Gasteiger partial charge in [0, 0.05) is 45.1 Å². The zero-order chi connectivity index (χ0) is 22.2. The van der Waals surface area contributed by atoms with Gasteiger partial charge >= 0.3 is 0 Å². The molecule has 0 amide bonds. The molecule has 0 aliphatic heterocycles. The topological polar surface area (TPSA) is 67.4 Å². The molecule has 7 nitrogen and oxygen atoms in total. The second-order valence-corrected chi connectivity index (χ2v) is 7.65. The van der Waals surface area contributed by atoms with E-state index in [2.05, 4.69) is 36.3 Å². The molecule has 0 fully saturated rings. The van der Waals surface area contributed by atoms with E-state index in [0.29, 0.717) is 32.4 Å². The molecule has 0 heterocycles. The molecule has 8 heteroatoms. The van der Waals surface area contributed by atoms with Crippen molar-refractivity contribution in [2.45, 2.75) is 53.2 Å². The van der Waals surface area contributed by atoms with Crippen LogP contribution in [0.15, 0.2) is 29.3 Å². The maximum absolute atomic E-state index is 5.72. The average Bonchev–Trinajstić information content (AvgIpc) is 2.71. The van der Waals surface area contributed by atoms with Gasteiger partial charge in [0.25, 0.3) is 0 Å². The third kappa shape index (κ3) is 14.6. The molecule has 0 saturated heterocycles. The second-order valence-electron chi connectivity index (χ2n) is 7.65. The van der Waals surface area contributed by atoms with Crippen molar-refractivity contribution in [2.75, 3.05) is 58.4 Å². The lowest BCUT2D eigenvalue weighted by molar-refractivity contribution is 0.0702. The fraction of sp³-hybridized carbons (Fsp3) is 0.696. The fourth-order valence-corrected chi connectivity index (χ4v) is 2.87. The number of ether oxygens (including phenoxy) is 3. The highest BCUT2D eigenvalue weighted by Crippen LogP contribution is 2.16. The molecular formula is C23H43IN4O3. The van der Waals surface area contributed by atoms with Crippen LogP contribution in [0.5, 0.6) is 5.75 Å². The zero-order valence-electron chi connectivity index (χ0n) is 20.1. The van der Waals surface area contributed by atoms with Crippen LogP contribution in [-0.4, -0.2) is 76.1 Å². The molecule has 1 aromatic carbocycles. The Labute approximate surface area is 206 Å². The Morgan fingerprint density at radius 2 is 1.77 bits per heavy atom. The van der Waals surface area contributed by atoms with Crippen LogP contribution < -0.4 is 15.4 Å². The Morgan fingerprint density at radius 3 is 2.35 bits per heavy atom. The molecule has 1 rings (SSSR count). The Morgan fingerprint density at radius 1 is 1.06 bits per heavy atom. The number of anilines is 1. The molecule has 0 atom stereocenters. The zero-order valence-corrected chi connectivity index (χ0v) is 22.5. The first-order chi connectivity index (χ1) is 14.5. The third-order valence-corrected chi connectivity index (χ3v) is 4.47. The van der Waals surface area contributed by atoms with Gasteiger partial charge in [0.2, 0.25) is 0 Å². The number of hydrogen-bond donors (Lipinski definition) is 2. The summed E-state index contributed by atoms with van der Waals surface area (Å²) >= 11 is 0. The molecule has 0 aliphatic rings. The van der Waals surface area contributed by atoms with Crippen molar-refractivity contribution in [1.29, 1.82) is 0 Å². The third-order valence-electron chi connectivity index (χ3n) is 4.47. The quantitative estimate of drug-likeness (QED) is 0.148. The van der Waals surface area contributed by atoms with E-state index in [1.54, 1.807) is 7.11 Å². The number of hydrogen-bond acceptors (Lipinski definition) is 5. The number of methoxy groups -OCH3 is 1. The minimum atomic E-state index is 0. The first kappa shape index (κ1) is 29.9. The highest BCUT2D eigenvalue weighted by molar-refractivity contribution is 14.0. The summed E-state index contributed by atoms with van der Waals surface area (Å²) in [6.45, 7) is 16.1. The molecule has 0 spiro atoms. The first-order valence-corrected chi connectivity index (χ1v) is 11.1. The van der Waals surface area contributed by atoms with E-state index < -0.39 is 0 Å². The summed E-state index contributed by atoms with van der Waals surface area (Å²) in [5.74, 6) is 1.65. The number of halogens is 1. The maximum atomic E-state index is 5.72. The lowest BCUT2D eigenvalue weighted by Gasteiger charge is -2.25. The maximum Gasteiger partial charge on any atom is 0.195 e. The average molecular weight is 551 g/mol. The van der Waals surface area contributed by atoms with Gasteiger partial charge in [0.05, 0.1) is 19.3 Å². The van der Waals surface area contributed by atoms with Gasteiger partial charge in [-0.1, -0.05) is 6.92 Å². The summed E-state index contributed by atoms with van der Waals surface area (Å²) in [5.41, 5.74) is 0.977. The molecular weight excluding hydrogens is 507 g/mol. The molecule has 31 heavy (non-hydrogen) atoms. The van der Waals surface area contributed by atoms with Crippen molar-refractivity contribution >= 4 is 35.6 Å². The van der Waals surface area contributed by atoms with Gasteiger partial charge in [-0.05, 0) is 64.9 Å². The summed E-state index contributed by atoms with van der Waals surface area (Å²) in [6, 6.07) is 8.50. The molecule has 0 aromatic heterocycles. The van der Waals surface area contributed by atoms with E-state index >= 15 is 0 Å². The number of guanidine groups is 1. The molecule has 180 valence electrons. The van der Waals surface area contributed by atoms with Crippen LogP contribution in [0.25, 0.3) is 0 Å². The standard InChI is InChI=1S/C23H42N4O3.HI/c1-7-27(19(2)3)15-14-25-23(24-13-8-16-29-18-17-28-6)26-21-9-11-22(12-10-21)30-20(4)5;/h9-12,19-20H,7-8,13-18H2,1-6H3,(H2,24,25,26);1H. The lowest BCUT2D eigenvalue weighted by atomic mass is 10.3. The van der Waals surface area contributed by atoms with E-state index in [9.17, 15) is 0 Å². The smallest absolute Gasteiger partial charge is 0.195 e. The second kappa shape index (κ2) is 18.5. The van der Waals surface area contributed by atoms with Crippen LogP contribution in [-0.2, 0) is 9.47 Å². The lowest BCUT2D eigenvalue weighted by Crippen LogP contribution is -2.40. The fourth-order valence-electron chi connectivity index (χ4n) is 2.87. The highest BCUT2D eigenvalue weighted by atomic mass is 127. The molecule has 1 aromatic rings. The number of benzene rings is 1. The SMILES string of the molecule is CCN(CCNC(=NCCCOCCOC)Nc1ccc(OC(C)C)cc1)C(C)C.I. The molecule has 0 radical (unpaired) electrons. The Bertz CT molecular complexity index is 583. The van der Waals surface area contributed by atoms with Gasteiger partial charge in [0.1, 0.15) is 5.75 Å². The predicted octanol–water partition coefficient (Wildman–Crippen LogP) is 4.23. The minimum Gasteiger partial charge on any atom is -0.491 e. The summed E-state index contributed by atoms with van der Waals surface area (Å²) < 4.78 is 16.2. The van der Waals surface area contributed by atoms with E-state index in [0.717, 1.165) is 43.5 Å². The van der Waals surface area contributed by atoms with Crippen molar-refractivity contribution in [3.8, 4) is 5.75 Å². The van der Waals surface area contributed by atoms with Crippen LogP contribution in [0.2, 0.25) is 0 Å². The minimum absolute atomic E-state index is 0. The summed E-state index contributed by atoms with van der Waals surface area (Å²) in [4.78, 5) is 7.13. The monoisotopic (exact) mass is 550 g/mol. The van der Waals surface area contributed by atoms with Crippen LogP contribution >= 0.6 is 24.0 Å². The number of aliphatic imine (C=N–C) groups is 1. The molecule has 2 N–H and O–H groups in total. The molecule has 0 bridgehead atoms. The van der Waals surface area contributed by atoms with Crippen LogP contribution in [0.1, 0.15) is 41.0 Å². The first-order valence-electron chi connectivity index (χ1n) is 11.1. The number of rotatable bonds is 15. The van der Waals surface area contributed by atoms with Crippen LogP contribution in [0.3, 0.4) is 0 Å². The normalized spacial score (nSPS) is 11.7. The Kier molecular flexibility index (Phi) is 17.8. The van der Waals surface area contributed by atoms with Crippen molar-refractivity contribution in [1.82, 2.24) is 10.2 Å². The van der Waals surface area contributed by atoms with E-state index in [-0.39, 0.29) is 30.1 Å². The van der Waals surface area contributed by atoms with Gasteiger partial charge in [-0.2, -0.15) is 0 Å². The van der Waals surface area contributed by atoms with Crippen molar-refractivity contribution < 1.29 is 14.2 Å². The van der Waals surface area contributed by atoms with E-state index in [4.69, 9.17) is 19.2 Å². The predicted molar refractivity (Wildman–Crippen MR) is 141 cm³/mol. The summed E-state index contributed by atoms with van der Waals surface area (Å²) in [6.07, 6.45) is 1.03. The molecule has 0 aliphatic carbocycles. The van der Waals surface area contributed by atoms with Gasteiger partial charge in [0.15, 0.2) is 5.96 Å². The molecule has 0 saturated carbocycles. The largest absolute Gasteiger partial charge is 0.491 e. The van der Waals surface area contributed by atoms with Crippen LogP contribution in [0, 0.1) is 0 Å². The van der Waals surface area contributed by atoms with Crippen molar-refractivity contribution in [3.05, 3.63) is 24.3 Å². The van der Waals surface area contributed by atoms with Crippen LogP contribution in [0.4, 0.5) is 5.69 Å². The summed E-state index contributed by atoms with van der Waals surface area (Å²) in [7, 11) is 1.68. The highest BCUT2D eigenvalue weighted by Gasteiger charge is 2.07. The van der Waals surface area contributed by atoms with Crippen molar-refractivity contribution in [2.24, 2.45) is 4.99 Å². The van der Waals surface area contributed by atoms with Gasteiger partial charge in [-0.15, -0.1) is 24.0 Å². The van der Waals surface area contributed by atoms with Gasteiger partial charge in [-0.3, -0.25) is 9.89 Å². The molecule has 0 unspecified atom stereocenters. The Balaban J connectivity index is 0.00000900. The van der Waals surface area contributed by atoms with Crippen molar-refractivity contribution in [3.63, 3.8) is 0 Å².